The quantitative estimate of drug-likeness (QED) is 0.529. The van der Waals surface area contributed by atoms with Gasteiger partial charge in [-0.15, -0.1) is 0 Å². The van der Waals surface area contributed by atoms with Crippen molar-refractivity contribution in [3.63, 3.8) is 0 Å². The van der Waals surface area contributed by atoms with Crippen molar-refractivity contribution in [3.05, 3.63) is 83.8 Å². The first kappa shape index (κ1) is 22.2. The number of allylic oxidation sites excluding steroid dienone is 1. The number of carbonyl (C=O) groups is 1. The van der Waals surface area contributed by atoms with Gasteiger partial charge < -0.3 is 5.32 Å². The zero-order chi connectivity index (χ0) is 22.4. The van der Waals surface area contributed by atoms with Crippen LogP contribution >= 0.6 is 0 Å². The molecule has 3 rings (SSSR count). The molecule has 0 radical (unpaired) electrons. The lowest BCUT2D eigenvalue weighted by Crippen LogP contribution is -2.24. The Bertz CT molecular complexity index is 1130. The third kappa shape index (κ3) is 5.35. The van der Waals surface area contributed by atoms with E-state index in [1.165, 1.54) is 6.26 Å². The second-order valence-corrected chi connectivity index (χ2v) is 8.00. The second kappa shape index (κ2) is 9.99. The van der Waals surface area contributed by atoms with Gasteiger partial charge in [0.15, 0.2) is 0 Å². The van der Waals surface area contributed by atoms with E-state index in [0.29, 0.717) is 23.5 Å². The van der Waals surface area contributed by atoms with Crippen molar-refractivity contribution in [1.82, 2.24) is 20.1 Å². The first-order chi connectivity index (χ1) is 14.9. The number of anilines is 1. The highest BCUT2D eigenvalue weighted by Crippen LogP contribution is 2.24. The van der Waals surface area contributed by atoms with Crippen LogP contribution < -0.4 is 10.0 Å². The van der Waals surface area contributed by atoms with Crippen LogP contribution in [-0.4, -0.2) is 31.1 Å². The standard InChI is InChI=1S/C23H25N5O2S/c1-5-19(23(29)25-14-17-9-12-22(24-13-17)27-31(4)30)20-15-26-28(21(20)6-2)18-10-7-16(3)8-11-18/h5-13,15H,2,14H2,1,3-4H3,(H,24,27)(H,25,29)/b19-5+. The van der Waals surface area contributed by atoms with E-state index in [2.05, 4.69) is 26.7 Å². The third-order valence-corrected chi connectivity index (χ3v) is 5.12. The summed E-state index contributed by atoms with van der Waals surface area (Å²) in [6.07, 6.45) is 8.31. The van der Waals surface area contributed by atoms with Crippen molar-refractivity contribution in [1.29, 1.82) is 0 Å². The Morgan fingerprint density at radius 3 is 2.52 bits per heavy atom. The maximum atomic E-state index is 12.9. The predicted octanol–water partition coefficient (Wildman–Crippen LogP) is 3.64. The van der Waals surface area contributed by atoms with Crippen LogP contribution in [0.25, 0.3) is 17.3 Å². The molecule has 2 aromatic heterocycles. The monoisotopic (exact) mass is 435 g/mol. The molecule has 0 aliphatic rings. The van der Waals surface area contributed by atoms with Gasteiger partial charge >= 0.3 is 0 Å². The highest BCUT2D eigenvalue weighted by molar-refractivity contribution is 7.85. The van der Waals surface area contributed by atoms with Crippen LogP contribution in [0, 0.1) is 6.92 Å². The number of pyridine rings is 1. The van der Waals surface area contributed by atoms with Gasteiger partial charge in [0.2, 0.25) is 0 Å². The number of nitrogens with zero attached hydrogens (tertiary/aromatic N) is 3. The summed E-state index contributed by atoms with van der Waals surface area (Å²) in [6, 6.07) is 11.5. The average Bonchev–Trinajstić information content (AvgIpc) is 3.17. The number of hydrogen-bond acceptors (Lipinski definition) is 4. The van der Waals surface area contributed by atoms with Crippen molar-refractivity contribution < 1.29 is 9.00 Å². The van der Waals surface area contributed by atoms with Gasteiger partial charge in [0.25, 0.3) is 5.91 Å². The van der Waals surface area contributed by atoms with Crippen molar-refractivity contribution >= 4 is 34.4 Å². The van der Waals surface area contributed by atoms with E-state index in [0.717, 1.165) is 22.5 Å². The normalized spacial score (nSPS) is 12.3. The highest BCUT2D eigenvalue weighted by atomic mass is 32.2. The number of hydrogen-bond donors (Lipinski definition) is 2. The number of carbonyl (C=O) groups excluding carboxylic acids is 1. The predicted molar refractivity (Wildman–Crippen MR) is 126 cm³/mol. The molecule has 0 aliphatic carbocycles. The molecule has 0 fully saturated rings. The van der Waals surface area contributed by atoms with Crippen LogP contribution in [0.2, 0.25) is 0 Å². The summed E-state index contributed by atoms with van der Waals surface area (Å²) in [5.41, 5.74) is 4.85. The molecule has 2 N–H and O–H groups in total. The minimum atomic E-state index is -1.19. The van der Waals surface area contributed by atoms with E-state index in [1.807, 2.05) is 44.2 Å². The zero-order valence-corrected chi connectivity index (χ0v) is 18.6. The van der Waals surface area contributed by atoms with Crippen LogP contribution in [0.1, 0.15) is 29.3 Å². The van der Waals surface area contributed by atoms with E-state index >= 15 is 0 Å². The summed E-state index contributed by atoms with van der Waals surface area (Å²) in [5, 5.41) is 7.39. The third-order valence-electron chi connectivity index (χ3n) is 4.63. The lowest BCUT2D eigenvalue weighted by Gasteiger charge is -2.10. The fourth-order valence-corrected chi connectivity index (χ4v) is 3.49. The van der Waals surface area contributed by atoms with Crippen LogP contribution in [-0.2, 0) is 22.3 Å². The lowest BCUT2D eigenvalue weighted by molar-refractivity contribution is -0.115. The van der Waals surface area contributed by atoms with Crippen molar-refractivity contribution in [3.8, 4) is 5.69 Å². The molecule has 8 heteroatoms. The van der Waals surface area contributed by atoms with E-state index < -0.39 is 11.0 Å². The molecule has 1 atom stereocenters. The molecule has 1 unspecified atom stereocenters. The van der Waals surface area contributed by atoms with Crippen molar-refractivity contribution in [2.24, 2.45) is 0 Å². The van der Waals surface area contributed by atoms with Gasteiger partial charge in [0.1, 0.15) is 16.8 Å². The smallest absolute Gasteiger partial charge is 0.251 e. The van der Waals surface area contributed by atoms with Gasteiger partial charge in [0, 0.05) is 30.1 Å². The fraction of sp³-hybridized carbons (Fsp3) is 0.174. The minimum Gasteiger partial charge on any atom is -0.348 e. The van der Waals surface area contributed by atoms with Gasteiger partial charge in [-0.05, 0) is 43.7 Å². The van der Waals surface area contributed by atoms with E-state index in [4.69, 9.17) is 0 Å². The second-order valence-electron chi connectivity index (χ2n) is 6.89. The van der Waals surface area contributed by atoms with Gasteiger partial charge in [-0.25, -0.2) is 13.9 Å². The molecule has 0 saturated carbocycles. The molecule has 0 saturated heterocycles. The Kier molecular flexibility index (Phi) is 7.15. The summed E-state index contributed by atoms with van der Waals surface area (Å²) in [6.45, 7) is 8.07. The Balaban J connectivity index is 1.76. The SMILES string of the molecule is C=Cc1c(/C(=C\C)C(=O)NCc2ccc(NS(C)=O)nc2)cnn1-c1ccc(C)cc1. The first-order valence-electron chi connectivity index (χ1n) is 9.70. The van der Waals surface area contributed by atoms with Gasteiger partial charge in [-0.2, -0.15) is 5.10 Å². The number of benzene rings is 1. The van der Waals surface area contributed by atoms with E-state index in [1.54, 1.807) is 35.3 Å². The molecule has 1 amide bonds. The summed E-state index contributed by atoms with van der Waals surface area (Å²) in [4.78, 5) is 17.1. The van der Waals surface area contributed by atoms with E-state index in [-0.39, 0.29) is 5.91 Å². The number of rotatable bonds is 8. The lowest BCUT2D eigenvalue weighted by atomic mass is 10.1. The summed E-state index contributed by atoms with van der Waals surface area (Å²) in [5.74, 6) is 0.301. The van der Waals surface area contributed by atoms with Crippen molar-refractivity contribution in [2.75, 3.05) is 11.0 Å². The summed E-state index contributed by atoms with van der Waals surface area (Å²) < 4.78 is 15.7. The van der Waals surface area contributed by atoms with Crippen LogP contribution in [0.15, 0.2) is 61.4 Å². The highest BCUT2D eigenvalue weighted by Gasteiger charge is 2.18. The molecule has 160 valence electrons. The number of amides is 1. The Hall–Kier alpha value is -3.52. The number of aromatic nitrogens is 3. The Labute approximate surface area is 184 Å². The minimum absolute atomic E-state index is 0.217. The zero-order valence-electron chi connectivity index (χ0n) is 17.8. The first-order valence-corrected chi connectivity index (χ1v) is 11.3. The van der Waals surface area contributed by atoms with Gasteiger partial charge in [0.05, 0.1) is 17.6 Å². The molecule has 0 aliphatic heterocycles. The maximum absolute atomic E-state index is 12.9. The molecule has 3 aromatic rings. The van der Waals surface area contributed by atoms with Crippen LogP contribution in [0.5, 0.6) is 0 Å². The maximum Gasteiger partial charge on any atom is 0.251 e. The molecular formula is C23H25N5O2S. The molecule has 0 bridgehead atoms. The van der Waals surface area contributed by atoms with Crippen LogP contribution in [0.4, 0.5) is 5.82 Å². The summed E-state index contributed by atoms with van der Waals surface area (Å²) in [7, 11) is -1.19. The Morgan fingerprint density at radius 1 is 1.19 bits per heavy atom. The fourth-order valence-electron chi connectivity index (χ4n) is 3.08. The van der Waals surface area contributed by atoms with E-state index in [9.17, 15) is 9.00 Å². The molecule has 7 nitrogen and oxygen atoms in total. The van der Waals surface area contributed by atoms with Gasteiger partial charge in [-0.3, -0.25) is 9.52 Å². The average molecular weight is 436 g/mol. The largest absolute Gasteiger partial charge is 0.348 e. The molecule has 2 heterocycles. The molecule has 0 spiro atoms. The van der Waals surface area contributed by atoms with Gasteiger partial charge in [-0.1, -0.05) is 36.4 Å². The topological polar surface area (TPSA) is 88.9 Å². The molecule has 1 aromatic carbocycles. The number of aryl methyl sites for hydroxylation is 1. The van der Waals surface area contributed by atoms with Crippen LogP contribution in [0.3, 0.4) is 0 Å². The molecule has 31 heavy (non-hydrogen) atoms. The van der Waals surface area contributed by atoms with Crippen molar-refractivity contribution in [2.45, 2.75) is 20.4 Å². The molecular weight excluding hydrogens is 410 g/mol. The number of nitrogens with one attached hydrogen (secondary N) is 2. The Morgan fingerprint density at radius 2 is 1.94 bits per heavy atom. The summed E-state index contributed by atoms with van der Waals surface area (Å²) >= 11 is 0.